The fourth-order valence-electron chi connectivity index (χ4n) is 2.92. The predicted octanol–water partition coefficient (Wildman–Crippen LogP) is 1.56. The molecule has 0 spiro atoms. The maximum atomic E-state index is 12.4. The average Bonchev–Trinajstić information content (AvgIpc) is 3.04. The van der Waals surface area contributed by atoms with Crippen LogP contribution < -0.4 is 10.9 Å². The molecule has 1 fully saturated rings. The molecule has 0 saturated carbocycles. The van der Waals surface area contributed by atoms with Crippen LogP contribution in [-0.2, 0) is 21.5 Å². The minimum Gasteiger partial charge on any atom is -0.376 e. The molecular formula is C17H25N3O3S. The maximum absolute atomic E-state index is 12.4. The Labute approximate surface area is 146 Å². The zero-order valence-corrected chi connectivity index (χ0v) is 15.3. The molecule has 2 aliphatic rings. The standard InChI is InChI=1S/C17H25N3O3S/c1-17(2,3)13-7-14(21)20-9-11(10-24-16(20)19-13)15(22)18-8-12-5-4-6-23-12/h7,11-12H,4-6,8-10H2,1-3H3,(H,18,22)/t11-,12-/m1/s1. The van der Waals surface area contributed by atoms with Gasteiger partial charge in [0.05, 0.1) is 17.7 Å². The van der Waals surface area contributed by atoms with Crippen molar-refractivity contribution in [3.05, 3.63) is 22.1 Å². The van der Waals surface area contributed by atoms with Crippen molar-refractivity contribution in [3.8, 4) is 0 Å². The van der Waals surface area contributed by atoms with Gasteiger partial charge in [0.1, 0.15) is 0 Å². The number of nitrogens with one attached hydrogen (secondary N) is 1. The van der Waals surface area contributed by atoms with E-state index in [-0.39, 0.29) is 28.9 Å². The molecule has 1 aromatic rings. The maximum Gasteiger partial charge on any atom is 0.254 e. The molecular weight excluding hydrogens is 326 g/mol. The summed E-state index contributed by atoms with van der Waals surface area (Å²) in [4.78, 5) is 29.4. The molecule has 0 aromatic carbocycles. The lowest BCUT2D eigenvalue weighted by Gasteiger charge is -2.26. The SMILES string of the molecule is CC(C)(C)c1cc(=O)n2c(n1)SC[C@H](C(=O)NC[C@H]1CCCO1)C2. The summed E-state index contributed by atoms with van der Waals surface area (Å²) in [6.45, 7) is 7.87. The van der Waals surface area contributed by atoms with E-state index in [4.69, 9.17) is 4.74 Å². The van der Waals surface area contributed by atoms with Crippen LogP contribution in [0.2, 0.25) is 0 Å². The summed E-state index contributed by atoms with van der Waals surface area (Å²) in [5.41, 5.74) is 0.562. The topological polar surface area (TPSA) is 73.2 Å². The molecule has 1 amide bonds. The van der Waals surface area contributed by atoms with E-state index in [9.17, 15) is 9.59 Å². The average molecular weight is 351 g/mol. The first-order chi connectivity index (χ1) is 11.3. The van der Waals surface area contributed by atoms with Gasteiger partial charge in [-0.3, -0.25) is 14.2 Å². The van der Waals surface area contributed by atoms with E-state index in [1.807, 2.05) is 20.8 Å². The Balaban J connectivity index is 1.67. The van der Waals surface area contributed by atoms with Gasteiger partial charge in [0.2, 0.25) is 5.91 Å². The Morgan fingerprint density at radius 2 is 2.29 bits per heavy atom. The number of carbonyl (C=O) groups excluding carboxylic acids is 1. The summed E-state index contributed by atoms with van der Waals surface area (Å²) in [5, 5.41) is 3.69. The van der Waals surface area contributed by atoms with Gasteiger partial charge in [0.25, 0.3) is 5.56 Å². The largest absolute Gasteiger partial charge is 0.376 e. The van der Waals surface area contributed by atoms with Gasteiger partial charge in [-0.25, -0.2) is 4.98 Å². The normalized spacial score (nSPS) is 23.8. The van der Waals surface area contributed by atoms with Crippen LogP contribution in [0.3, 0.4) is 0 Å². The van der Waals surface area contributed by atoms with E-state index >= 15 is 0 Å². The molecule has 24 heavy (non-hydrogen) atoms. The van der Waals surface area contributed by atoms with E-state index in [1.165, 1.54) is 11.8 Å². The Hall–Kier alpha value is -1.34. The highest BCUT2D eigenvalue weighted by Crippen LogP contribution is 2.28. The zero-order chi connectivity index (χ0) is 17.3. The Bertz CT molecular complexity index is 675. The quantitative estimate of drug-likeness (QED) is 0.837. The van der Waals surface area contributed by atoms with Gasteiger partial charge in [-0.1, -0.05) is 32.5 Å². The highest BCUT2D eigenvalue weighted by atomic mass is 32.2. The Morgan fingerprint density at radius 3 is 2.96 bits per heavy atom. The first kappa shape index (κ1) is 17.5. The van der Waals surface area contributed by atoms with Crippen molar-refractivity contribution in [1.29, 1.82) is 0 Å². The van der Waals surface area contributed by atoms with Crippen LogP contribution in [0.5, 0.6) is 0 Å². The van der Waals surface area contributed by atoms with Crippen LogP contribution in [0.4, 0.5) is 0 Å². The number of nitrogens with zero attached hydrogens (tertiary/aromatic N) is 2. The van der Waals surface area contributed by atoms with Gasteiger partial charge in [-0.2, -0.15) is 0 Å². The molecule has 7 heteroatoms. The molecule has 6 nitrogen and oxygen atoms in total. The second-order valence-corrected chi connectivity index (χ2v) is 8.50. The number of fused-ring (bicyclic) bond motifs is 1. The van der Waals surface area contributed by atoms with Crippen molar-refractivity contribution >= 4 is 17.7 Å². The molecule has 1 saturated heterocycles. The monoisotopic (exact) mass is 351 g/mol. The number of aromatic nitrogens is 2. The summed E-state index contributed by atoms with van der Waals surface area (Å²) in [5.74, 6) is 0.441. The number of hydrogen-bond acceptors (Lipinski definition) is 5. The molecule has 3 rings (SSSR count). The van der Waals surface area contributed by atoms with Crippen molar-refractivity contribution in [2.75, 3.05) is 18.9 Å². The number of ether oxygens (including phenoxy) is 1. The van der Waals surface area contributed by atoms with Crippen LogP contribution in [0.25, 0.3) is 0 Å². The first-order valence-electron chi connectivity index (χ1n) is 8.49. The van der Waals surface area contributed by atoms with Crippen LogP contribution in [0.15, 0.2) is 16.0 Å². The van der Waals surface area contributed by atoms with E-state index in [1.54, 1.807) is 10.6 Å². The fourth-order valence-corrected chi connectivity index (χ4v) is 4.01. The van der Waals surface area contributed by atoms with Crippen LogP contribution in [0, 0.1) is 5.92 Å². The molecule has 1 aromatic heterocycles. The second kappa shape index (κ2) is 6.88. The number of amides is 1. The highest BCUT2D eigenvalue weighted by molar-refractivity contribution is 7.99. The molecule has 132 valence electrons. The number of rotatable bonds is 3. The minimum absolute atomic E-state index is 0.00421. The van der Waals surface area contributed by atoms with Crippen LogP contribution >= 0.6 is 11.8 Å². The highest BCUT2D eigenvalue weighted by Gasteiger charge is 2.29. The van der Waals surface area contributed by atoms with E-state index in [0.29, 0.717) is 18.8 Å². The van der Waals surface area contributed by atoms with Gasteiger partial charge in [-0.15, -0.1) is 0 Å². The lowest BCUT2D eigenvalue weighted by Crippen LogP contribution is -2.42. The number of carbonyl (C=O) groups is 1. The van der Waals surface area contributed by atoms with Gasteiger partial charge < -0.3 is 10.1 Å². The van der Waals surface area contributed by atoms with E-state index in [2.05, 4.69) is 10.3 Å². The van der Waals surface area contributed by atoms with E-state index in [0.717, 1.165) is 30.3 Å². The summed E-state index contributed by atoms with van der Waals surface area (Å²) in [6.07, 6.45) is 2.20. The van der Waals surface area contributed by atoms with Crippen LogP contribution in [-0.4, -0.2) is 40.5 Å². The first-order valence-corrected chi connectivity index (χ1v) is 9.47. The molecule has 0 aliphatic carbocycles. The van der Waals surface area contributed by atoms with Crippen molar-refractivity contribution in [2.45, 2.75) is 56.8 Å². The Morgan fingerprint density at radius 1 is 1.50 bits per heavy atom. The van der Waals surface area contributed by atoms with Gasteiger partial charge in [0.15, 0.2) is 5.16 Å². The molecule has 3 heterocycles. The molecule has 0 bridgehead atoms. The minimum atomic E-state index is -0.205. The van der Waals surface area contributed by atoms with Crippen LogP contribution in [0.1, 0.15) is 39.3 Å². The second-order valence-electron chi connectivity index (χ2n) is 7.51. The third-order valence-corrected chi connectivity index (χ3v) is 5.60. The van der Waals surface area contributed by atoms with Crippen molar-refractivity contribution in [1.82, 2.24) is 14.9 Å². The molecule has 2 aliphatic heterocycles. The Kier molecular flexibility index (Phi) is 5.01. The van der Waals surface area contributed by atoms with Crippen molar-refractivity contribution < 1.29 is 9.53 Å². The molecule has 0 radical (unpaired) electrons. The lowest BCUT2D eigenvalue weighted by molar-refractivity contribution is -0.125. The zero-order valence-electron chi connectivity index (χ0n) is 14.5. The lowest BCUT2D eigenvalue weighted by atomic mass is 9.92. The van der Waals surface area contributed by atoms with Gasteiger partial charge >= 0.3 is 0 Å². The summed E-state index contributed by atoms with van der Waals surface area (Å²) >= 11 is 1.49. The molecule has 2 atom stereocenters. The van der Waals surface area contributed by atoms with E-state index < -0.39 is 0 Å². The summed E-state index contributed by atoms with van der Waals surface area (Å²) < 4.78 is 7.15. The molecule has 0 unspecified atom stereocenters. The number of hydrogen-bond donors (Lipinski definition) is 1. The predicted molar refractivity (Wildman–Crippen MR) is 93.4 cm³/mol. The summed E-state index contributed by atoms with van der Waals surface area (Å²) in [6, 6.07) is 1.59. The third kappa shape index (κ3) is 3.83. The third-order valence-electron chi connectivity index (χ3n) is 4.46. The van der Waals surface area contributed by atoms with Gasteiger partial charge in [0, 0.05) is 36.9 Å². The molecule has 1 N–H and O–H groups in total. The smallest absolute Gasteiger partial charge is 0.254 e. The number of thioether (sulfide) groups is 1. The van der Waals surface area contributed by atoms with Crippen molar-refractivity contribution in [2.24, 2.45) is 5.92 Å². The van der Waals surface area contributed by atoms with Crippen molar-refractivity contribution in [3.63, 3.8) is 0 Å². The summed E-state index contributed by atoms with van der Waals surface area (Å²) in [7, 11) is 0. The fraction of sp³-hybridized carbons (Fsp3) is 0.706. The van der Waals surface area contributed by atoms with Gasteiger partial charge in [-0.05, 0) is 12.8 Å².